The normalized spacial score (nSPS) is 13.7. The summed E-state index contributed by atoms with van der Waals surface area (Å²) < 4.78 is 1.42. The summed E-state index contributed by atoms with van der Waals surface area (Å²) in [6, 6.07) is 1.46. The largest absolute Gasteiger partial charge is 0.390 e. The van der Waals surface area contributed by atoms with Crippen LogP contribution in [0.4, 0.5) is 0 Å². The van der Waals surface area contributed by atoms with Crippen molar-refractivity contribution in [1.82, 2.24) is 14.9 Å². The molecule has 5 heteroatoms. The van der Waals surface area contributed by atoms with Gasteiger partial charge in [0.15, 0.2) is 0 Å². The van der Waals surface area contributed by atoms with E-state index in [9.17, 15) is 9.90 Å². The van der Waals surface area contributed by atoms with Gasteiger partial charge in [-0.3, -0.25) is 9.36 Å². The molecular weight excluding hydrogens is 218 g/mol. The molecule has 1 aromatic rings. The second-order valence-electron chi connectivity index (χ2n) is 5.31. The van der Waals surface area contributed by atoms with Crippen LogP contribution in [-0.2, 0) is 6.54 Å². The molecule has 0 radical (unpaired) electrons. The van der Waals surface area contributed by atoms with E-state index in [-0.39, 0.29) is 17.6 Å². The molecule has 0 spiro atoms. The Kier molecular flexibility index (Phi) is 4.42. The number of hydrogen-bond acceptors (Lipinski definition) is 4. The Labute approximate surface area is 102 Å². The van der Waals surface area contributed by atoms with Gasteiger partial charge in [-0.05, 0) is 27.7 Å². The van der Waals surface area contributed by atoms with Gasteiger partial charge in [-0.2, -0.15) is 0 Å². The van der Waals surface area contributed by atoms with Crippen LogP contribution in [0.2, 0.25) is 0 Å². The standard InChI is InChI=1S/C12H21N3O2/c1-9-5-11(17)15(8-13-9)7-10(16)6-14-12(2,3)4/h5,8,10,14,16H,6-7H2,1-4H3. The first-order valence-corrected chi connectivity index (χ1v) is 5.74. The van der Waals surface area contributed by atoms with E-state index < -0.39 is 6.10 Å². The first-order chi connectivity index (χ1) is 7.78. The second kappa shape index (κ2) is 5.42. The zero-order chi connectivity index (χ0) is 13.1. The zero-order valence-corrected chi connectivity index (χ0v) is 10.9. The minimum absolute atomic E-state index is 0.0442. The Hall–Kier alpha value is -1.20. The van der Waals surface area contributed by atoms with Crippen LogP contribution in [-0.4, -0.2) is 32.8 Å². The molecule has 1 atom stereocenters. The molecule has 1 unspecified atom stereocenters. The average Bonchev–Trinajstić information content (AvgIpc) is 2.18. The van der Waals surface area contributed by atoms with Gasteiger partial charge in [-0.1, -0.05) is 0 Å². The maximum absolute atomic E-state index is 11.6. The lowest BCUT2D eigenvalue weighted by Gasteiger charge is -2.23. The van der Waals surface area contributed by atoms with Gasteiger partial charge in [0.2, 0.25) is 0 Å². The Balaban J connectivity index is 2.56. The molecule has 1 aromatic heterocycles. The highest BCUT2D eigenvalue weighted by Crippen LogP contribution is 1.99. The Bertz CT molecular complexity index is 420. The summed E-state index contributed by atoms with van der Waals surface area (Å²) in [7, 11) is 0. The maximum atomic E-state index is 11.6. The van der Waals surface area contributed by atoms with E-state index in [1.807, 2.05) is 20.8 Å². The molecule has 1 rings (SSSR count). The number of nitrogens with zero attached hydrogens (tertiary/aromatic N) is 2. The van der Waals surface area contributed by atoms with Crippen LogP contribution in [0.25, 0.3) is 0 Å². The van der Waals surface area contributed by atoms with E-state index in [0.29, 0.717) is 12.2 Å². The molecule has 0 aliphatic carbocycles. The van der Waals surface area contributed by atoms with E-state index in [1.165, 1.54) is 17.0 Å². The molecule has 1 heterocycles. The molecule has 0 aliphatic heterocycles. The lowest BCUT2D eigenvalue weighted by molar-refractivity contribution is 0.140. The van der Waals surface area contributed by atoms with Gasteiger partial charge >= 0.3 is 0 Å². The number of aliphatic hydroxyl groups is 1. The number of hydrogen-bond donors (Lipinski definition) is 2. The molecule has 96 valence electrons. The molecule has 0 fully saturated rings. The number of nitrogens with one attached hydrogen (secondary N) is 1. The maximum Gasteiger partial charge on any atom is 0.253 e. The lowest BCUT2D eigenvalue weighted by Crippen LogP contribution is -2.42. The molecule has 2 N–H and O–H groups in total. The highest BCUT2D eigenvalue weighted by atomic mass is 16.3. The van der Waals surface area contributed by atoms with Gasteiger partial charge in [-0.15, -0.1) is 0 Å². The number of rotatable bonds is 4. The third kappa shape index (κ3) is 5.10. The van der Waals surface area contributed by atoms with Gasteiger partial charge in [0.05, 0.1) is 19.0 Å². The van der Waals surface area contributed by atoms with Crippen LogP contribution in [0.3, 0.4) is 0 Å². The summed E-state index contributed by atoms with van der Waals surface area (Å²) in [6.45, 7) is 8.56. The van der Waals surface area contributed by atoms with Crippen molar-refractivity contribution >= 4 is 0 Å². The summed E-state index contributed by atoms with van der Waals surface area (Å²) >= 11 is 0. The first kappa shape index (κ1) is 13.9. The molecule has 0 amide bonds. The summed E-state index contributed by atoms with van der Waals surface area (Å²) in [5.41, 5.74) is 0.512. The third-order valence-electron chi connectivity index (χ3n) is 2.29. The van der Waals surface area contributed by atoms with Crippen molar-refractivity contribution in [1.29, 1.82) is 0 Å². The van der Waals surface area contributed by atoms with Crippen molar-refractivity contribution in [2.45, 2.75) is 45.9 Å². The summed E-state index contributed by atoms with van der Waals surface area (Å²) in [4.78, 5) is 15.6. The van der Waals surface area contributed by atoms with Crippen LogP contribution in [0.5, 0.6) is 0 Å². The Morgan fingerprint density at radius 2 is 2.18 bits per heavy atom. The number of aromatic nitrogens is 2. The predicted molar refractivity (Wildman–Crippen MR) is 67.0 cm³/mol. The Morgan fingerprint density at radius 1 is 1.53 bits per heavy atom. The van der Waals surface area contributed by atoms with E-state index in [4.69, 9.17) is 0 Å². The fourth-order valence-corrected chi connectivity index (χ4v) is 1.37. The summed E-state index contributed by atoms with van der Waals surface area (Å²) in [6.07, 6.45) is 0.870. The molecule has 0 aliphatic rings. The van der Waals surface area contributed by atoms with E-state index in [0.717, 1.165) is 0 Å². The SMILES string of the molecule is Cc1cc(=O)n(CC(O)CNC(C)(C)C)cn1. The van der Waals surface area contributed by atoms with Crippen LogP contribution in [0, 0.1) is 6.92 Å². The van der Waals surface area contributed by atoms with Crippen molar-refractivity contribution in [3.05, 3.63) is 28.4 Å². The fraction of sp³-hybridized carbons (Fsp3) is 0.667. The van der Waals surface area contributed by atoms with Crippen molar-refractivity contribution < 1.29 is 5.11 Å². The van der Waals surface area contributed by atoms with Crippen molar-refractivity contribution in [3.8, 4) is 0 Å². The van der Waals surface area contributed by atoms with Gasteiger partial charge < -0.3 is 10.4 Å². The fourth-order valence-electron chi connectivity index (χ4n) is 1.37. The van der Waals surface area contributed by atoms with Crippen LogP contribution < -0.4 is 10.9 Å². The summed E-state index contributed by atoms with van der Waals surface area (Å²) in [5.74, 6) is 0. The number of aryl methyl sites for hydroxylation is 1. The van der Waals surface area contributed by atoms with Crippen LogP contribution >= 0.6 is 0 Å². The minimum atomic E-state index is -0.601. The van der Waals surface area contributed by atoms with E-state index in [2.05, 4.69) is 10.3 Å². The summed E-state index contributed by atoms with van der Waals surface area (Å²) in [5, 5.41) is 13.0. The van der Waals surface area contributed by atoms with E-state index >= 15 is 0 Å². The predicted octanol–water partition coefficient (Wildman–Crippen LogP) is 0.301. The van der Waals surface area contributed by atoms with Gasteiger partial charge in [0, 0.05) is 23.8 Å². The number of β-amino-alcohol motifs (C(OH)–C–C–N with tert-alkyl or cyclic N) is 1. The van der Waals surface area contributed by atoms with Crippen molar-refractivity contribution in [2.24, 2.45) is 0 Å². The van der Waals surface area contributed by atoms with Crippen LogP contribution in [0.1, 0.15) is 26.5 Å². The smallest absolute Gasteiger partial charge is 0.253 e. The molecule has 0 aromatic carbocycles. The molecule has 0 bridgehead atoms. The average molecular weight is 239 g/mol. The van der Waals surface area contributed by atoms with Crippen LogP contribution in [0.15, 0.2) is 17.2 Å². The quantitative estimate of drug-likeness (QED) is 0.793. The van der Waals surface area contributed by atoms with Gasteiger partial charge in [0.1, 0.15) is 0 Å². The first-order valence-electron chi connectivity index (χ1n) is 5.74. The lowest BCUT2D eigenvalue weighted by atomic mass is 10.1. The minimum Gasteiger partial charge on any atom is -0.390 e. The van der Waals surface area contributed by atoms with Gasteiger partial charge in [0.25, 0.3) is 5.56 Å². The highest BCUT2D eigenvalue weighted by molar-refractivity contribution is 4.96. The number of aliphatic hydroxyl groups excluding tert-OH is 1. The second-order valence-corrected chi connectivity index (χ2v) is 5.31. The molecule has 0 saturated heterocycles. The van der Waals surface area contributed by atoms with Crippen molar-refractivity contribution in [2.75, 3.05) is 6.54 Å². The van der Waals surface area contributed by atoms with E-state index in [1.54, 1.807) is 6.92 Å². The Morgan fingerprint density at radius 3 is 2.71 bits per heavy atom. The molecule has 17 heavy (non-hydrogen) atoms. The molecular formula is C12H21N3O2. The highest BCUT2D eigenvalue weighted by Gasteiger charge is 2.12. The third-order valence-corrected chi connectivity index (χ3v) is 2.29. The molecule has 5 nitrogen and oxygen atoms in total. The molecule has 0 saturated carbocycles. The monoisotopic (exact) mass is 239 g/mol. The topological polar surface area (TPSA) is 67.2 Å². The van der Waals surface area contributed by atoms with Crippen molar-refractivity contribution in [3.63, 3.8) is 0 Å². The zero-order valence-electron chi connectivity index (χ0n) is 10.9. The van der Waals surface area contributed by atoms with Gasteiger partial charge in [-0.25, -0.2) is 4.98 Å².